The molecule has 3 fully saturated rings. The van der Waals surface area contributed by atoms with Crippen LogP contribution in [0, 0.1) is 5.92 Å². The molecule has 144 valence electrons. The van der Waals surface area contributed by atoms with Gasteiger partial charge in [-0.15, -0.1) is 0 Å². The second-order valence-corrected chi connectivity index (χ2v) is 10.3. The number of Topliss-reactive ketones (excluding diaryl/α,β-unsaturated/α-hetero) is 1. The quantitative estimate of drug-likeness (QED) is 0.709. The monoisotopic (exact) mass is 371 g/mol. The Morgan fingerprint density at radius 1 is 1.00 bits per heavy atom. The molecule has 3 aliphatic rings. The molecule has 0 aromatic rings. The Bertz CT molecular complexity index is 570. The zero-order valence-corrected chi connectivity index (χ0v) is 16.4. The molecule has 1 aliphatic carbocycles. The first-order valence-electron chi connectivity index (χ1n) is 10.1. The minimum Gasteiger partial charge on any atom is -0.379 e. The smallest absolute Gasteiger partial charge is 0.156 e. The van der Waals surface area contributed by atoms with E-state index in [4.69, 9.17) is 4.74 Å². The number of fused-ring (bicyclic) bond motifs is 1. The van der Waals surface area contributed by atoms with E-state index in [9.17, 15) is 13.2 Å². The topological polar surface area (TPSA) is 63.7 Å². The Morgan fingerprint density at radius 2 is 1.60 bits per heavy atom. The molecule has 0 spiro atoms. The Kier molecular flexibility index (Phi) is 6.22. The fourth-order valence-electron chi connectivity index (χ4n) is 5.12. The summed E-state index contributed by atoms with van der Waals surface area (Å²) in [5.74, 6) is 0.197. The molecule has 2 saturated heterocycles. The van der Waals surface area contributed by atoms with Gasteiger partial charge in [-0.3, -0.25) is 9.69 Å². The highest BCUT2D eigenvalue weighted by Gasteiger charge is 2.64. The summed E-state index contributed by atoms with van der Waals surface area (Å²) in [6.45, 7) is 4.73. The zero-order valence-electron chi connectivity index (χ0n) is 15.5. The molecule has 0 amide bonds. The molecular formula is C19H33NO4S. The van der Waals surface area contributed by atoms with Gasteiger partial charge < -0.3 is 4.74 Å². The van der Waals surface area contributed by atoms with Gasteiger partial charge in [-0.1, -0.05) is 45.4 Å². The van der Waals surface area contributed by atoms with Crippen molar-refractivity contribution in [1.29, 1.82) is 0 Å². The average Bonchev–Trinajstić information content (AvgIpc) is 2.61. The normalized spacial score (nSPS) is 38.5. The van der Waals surface area contributed by atoms with Gasteiger partial charge in [0.1, 0.15) is 5.78 Å². The first kappa shape index (κ1) is 19.3. The number of nitrogens with zero attached hydrogens (tertiary/aromatic N) is 1. The van der Waals surface area contributed by atoms with Gasteiger partial charge in [0.2, 0.25) is 0 Å². The number of sulfone groups is 1. The van der Waals surface area contributed by atoms with E-state index in [2.05, 4.69) is 4.90 Å². The average molecular weight is 372 g/mol. The number of carbonyl (C=O) groups excluding carboxylic acids is 1. The maximum Gasteiger partial charge on any atom is 0.156 e. The molecule has 5 nitrogen and oxygen atoms in total. The summed E-state index contributed by atoms with van der Waals surface area (Å²) in [5.41, 5.74) is -0.492. The molecule has 1 saturated carbocycles. The van der Waals surface area contributed by atoms with Crippen LogP contribution >= 0.6 is 0 Å². The van der Waals surface area contributed by atoms with Gasteiger partial charge in [-0.05, 0) is 12.8 Å². The Morgan fingerprint density at radius 3 is 2.24 bits per heavy atom. The lowest BCUT2D eigenvalue weighted by atomic mass is 9.75. The summed E-state index contributed by atoms with van der Waals surface area (Å²) >= 11 is 0. The van der Waals surface area contributed by atoms with E-state index >= 15 is 0 Å². The molecule has 0 radical (unpaired) electrons. The summed E-state index contributed by atoms with van der Waals surface area (Å²) in [5, 5.41) is -0.377. The van der Waals surface area contributed by atoms with Gasteiger partial charge in [0.25, 0.3) is 0 Å². The van der Waals surface area contributed by atoms with E-state index in [-0.39, 0.29) is 22.7 Å². The fraction of sp³-hybridized carbons (Fsp3) is 0.947. The minimum absolute atomic E-state index is 0.150. The Hall–Kier alpha value is -0.460. The zero-order chi connectivity index (χ0) is 17.9. The highest BCUT2D eigenvalue weighted by atomic mass is 32.2. The van der Waals surface area contributed by atoms with Crippen LogP contribution in [0.25, 0.3) is 0 Å². The maximum absolute atomic E-state index is 12.9. The molecule has 2 aliphatic heterocycles. The van der Waals surface area contributed by atoms with E-state index in [1.165, 1.54) is 19.3 Å². The molecule has 2 heterocycles. The Balaban J connectivity index is 1.89. The van der Waals surface area contributed by atoms with Crippen molar-refractivity contribution in [2.45, 2.75) is 75.5 Å². The molecular weight excluding hydrogens is 338 g/mol. The van der Waals surface area contributed by atoms with E-state index in [0.29, 0.717) is 26.1 Å². The van der Waals surface area contributed by atoms with E-state index < -0.39 is 15.4 Å². The highest BCUT2D eigenvalue weighted by Crippen LogP contribution is 2.47. The van der Waals surface area contributed by atoms with Gasteiger partial charge in [0, 0.05) is 25.4 Å². The van der Waals surface area contributed by atoms with E-state index in [1.807, 2.05) is 6.92 Å². The summed E-state index contributed by atoms with van der Waals surface area (Å²) in [6.07, 6.45) is 9.00. The van der Waals surface area contributed by atoms with Crippen molar-refractivity contribution < 1.29 is 17.9 Å². The van der Waals surface area contributed by atoms with Gasteiger partial charge in [-0.2, -0.15) is 0 Å². The second-order valence-electron chi connectivity index (χ2n) is 8.09. The minimum atomic E-state index is -3.08. The number of rotatable bonds is 1. The summed E-state index contributed by atoms with van der Waals surface area (Å²) in [6, 6.07) is 0. The van der Waals surface area contributed by atoms with Crippen molar-refractivity contribution in [3.8, 4) is 0 Å². The van der Waals surface area contributed by atoms with Gasteiger partial charge in [0.15, 0.2) is 9.84 Å². The van der Waals surface area contributed by atoms with Crippen LogP contribution in [-0.2, 0) is 19.4 Å². The lowest BCUT2D eigenvalue weighted by molar-refractivity contribution is -0.130. The van der Waals surface area contributed by atoms with Crippen molar-refractivity contribution in [2.24, 2.45) is 5.92 Å². The molecule has 0 bridgehead atoms. The van der Waals surface area contributed by atoms with Gasteiger partial charge >= 0.3 is 0 Å². The number of ketones is 1. The van der Waals surface area contributed by atoms with Crippen LogP contribution in [0.1, 0.15) is 64.7 Å². The van der Waals surface area contributed by atoms with Crippen molar-refractivity contribution in [2.75, 3.05) is 32.1 Å². The van der Waals surface area contributed by atoms with Crippen molar-refractivity contribution >= 4 is 15.6 Å². The number of carbonyl (C=O) groups is 1. The molecule has 0 unspecified atom stereocenters. The van der Waals surface area contributed by atoms with E-state index in [1.54, 1.807) is 0 Å². The van der Waals surface area contributed by atoms with Crippen LogP contribution in [0.5, 0.6) is 0 Å². The van der Waals surface area contributed by atoms with Crippen LogP contribution in [0.3, 0.4) is 0 Å². The number of morpholine rings is 1. The SMILES string of the molecule is C[C@@H]1C(=O)CCCCCCCCC[C@H]2[C@]1(N1CCOCC1)CS2(=O)=O. The van der Waals surface area contributed by atoms with Crippen molar-refractivity contribution in [3.63, 3.8) is 0 Å². The van der Waals surface area contributed by atoms with E-state index in [0.717, 1.165) is 38.8 Å². The first-order chi connectivity index (χ1) is 12.0. The molecule has 3 atom stereocenters. The second kappa shape index (κ2) is 8.05. The Labute approximate surface area is 152 Å². The largest absolute Gasteiger partial charge is 0.379 e. The van der Waals surface area contributed by atoms with Gasteiger partial charge in [0.05, 0.1) is 29.8 Å². The van der Waals surface area contributed by atoms with Crippen LogP contribution in [-0.4, -0.2) is 61.9 Å². The third kappa shape index (κ3) is 3.81. The predicted molar refractivity (Wildman–Crippen MR) is 98.4 cm³/mol. The first-order valence-corrected chi connectivity index (χ1v) is 11.8. The maximum atomic E-state index is 12.9. The van der Waals surface area contributed by atoms with Gasteiger partial charge in [-0.25, -0.2) is 8.42 Å². The summed E-state index contributed by atoms with van der Waals surface area (Å²) < 4.78 is 30.8. The summed E-state index contributed by atoms with van der Waals surface area (Å²) in [4.78, 5) is 15.2. The molecule has 0 aromatic carbocycles. The molecule has 0 aromatic heterocycles. The standard InChI is InChI=1S/C19H33NO4S/c1-16-17(21)9-7-5-3-2-4-6-8-10-18-19(16,15-25(18,22)23)20-11-13-24-14-12-20/h16,18H,2-15H2,1H3/t16-,18+,19+/m1/s1. The molecule has 3 rings (SSSR count). The summed E-state index contributed by atoms with van der Waals surface area (Å²) in [7, 11) is -3.08. The van der Waals surface area contributed by atoms with Crippen LogP contribution in [0.15, 0.2) is 0 Å². The fourth-order valence-corrected chi connectivity index (χ4v) is 7.88. The van der Waals surface area contributed by atoms with Crippen molar-refractivity contribution in [1.82, 2.24) is 4.90 Å². The van der Waals surface area contributed by atoms with Crippen LogP contribution < -0.4 is 0 Å². The number of ether oxygens (including phenoxy) is 1. The molecule has 0 N–H and O–H groups in total. The lowest BCUT2D eigenvalue weighted by Gasteiger charge is -2.58. The number of hydrogen-bond donors (Lipinski definition) is 0. The number of hydrogen-bond acceptors (Lipinski definition) is 5. The third-order valence-corrected chi connectivity index (χ3v) is 9.02. The highest BCUT2D eigenvalue weighted by molar-refractivity contribution is 7.93. The van der Waals surface area contributed by atoms with Crippen LogP contribution in [0.4, 0.5) is 0 Å². The van der Waals surface area contributed by atoms with Crippen LogP contribution in [0.2, 0.25) is 0 Å². The van der Waals surface area contributed by atoms with Crippen molar-refractivity contribution in [3.05, 3.63) is 0 Å². The third-order valence-electron chi connectivity index (χ3n) is 6.65. The predicted octanol–water partition coefficient (Wildman–Crippen LogP) is 2.58. The molecule has 6 heteroatoms. The molecule has 25 heavy (non-hydrogen) atoms. The lowest BCUT2D eigenvalue weighted by Crippen LogP contribution is -2.76.